The monoisotopic (exact) mass is 242 g/mol. The number of benzene rings is 2. The van der Waals surface area contributed by atoms with Gasteiger partial charge in [-0.15, -0.1) is 0 Å². The Bertz CT molecular complexity index is 512. The van der Waals surface area contributed by atoms with Crippen molar-refractivity contribution in [3.63, 3.8) is 0 Å². The zero-order valence-electron chi connectivity index (χ0n) is 10.8. The second-order valence-electron chi connectivity index (χ2n) is 4.47. The number of aryl methyl sites for hydroxylation is 2. The van der Waals surface area contributed by atoms with E-state index in [4.69, 9.17) is 4.74 Å². The summed E-state index contributed by atoms with van der Waals surface area (Å²) in [6.45, 7) is 4.60. The van der Waals surface area contributed by atoms with Gasteiger partial charge in [-0.1, -0.05) is 31.2 Å². The molecule has 0 aliphatic heterocycles. The standard InChI is InChI=1S/C16H18O2/c1-3-13-5-4-6-14(9-13)11-18-16-8-12(2)7-15(17)10-16/h4-10,17H,3,11H2,1-2H3. The van der Waals surface area contributed by atoms with Crippen LogP contribution in [-0.2, 0) is 13.0 Å². The highest BCUT2D eigenvalue weighted by Crippen LogP contribution is 2.22. The van der Waals surface area contributed by atoms with Crippen molar-refractivity contribution < 1.29 is 9.84 Å². The fourth-order valence-corrected chi connectivity index (χ4v) is 1.92. The molecule has 2 rings (SSSR count). The fourth-order valence-electron chi connectivity index (χ4n) is 1.92. The summed E-state index contributed by atoms with van der Waals surface area (Å²) in [5, 5.41) is 9.49. The zero-order valence-corrected chi connectivity index (χ0v) is 10.8. The van der Waals surface area contributed by atoms with Gasteiger partial charge in [-0.25, -0.2) is 0 Å². The highest BCUT2D eigenvalue weighted by atomic mass is 16.5. The minimum Gasteiger partial charge on any atom is -0.508 e. The summed E-state index contributed by atoms with van der Waals surface area (Å²) in [6, 6.07) is 13.6. The molecule has 2 nitrogen and oxygen atoms in total. The van der Waals surface area contributed by atoms with Crippen molar-refractivity contribution in [2.45, 2.75) is 26.9 Å². The lowest BCUT2D eigenvalue weighted by Crippen LogP contribution is -1.96. The lowest BCUT2D eigenvalue weighted by molar-refractivity contribution is 0.304. The Labute approximate surface area is 108 Å². The molecule has 0 bridgehead atoms. The predicted molar refractivity (Wildman–Crippen MR) is 73.0 cm³/mol. The number of rotatable bonds is 4. The average molecular weight is 242 g/mol. The van der Waals surface area contributed by atoms with Gasteiger partial charge in [0.05, 0.1) is 0 Å². The van der Waals surface area contributed by atoms with Crippen LogP contribution in [-0.4, -0.2) is 5.11 Å². The van der Waals surface area contributed by atoms with Crippen LogP contribution >= 0.6 is 0 Å². The topological polar surface area (TPSA) is 29.5 Å². The molecule has 0 aromatic heterocycles. The van der Waals surface area contributed by atoms with E-state index in [1.807, 2.05) is 19.1 Å². The van der Waals surface area contributed by atoms with E-state index >= 15 is 0 Å². The van der Waals surface area contributed by atoms with Crippen LogP contribution < -0.4 is 4.74 Å². The Morgan fingerprint density at radius 3 is 2.56 bits per heavy atom. The first-order valence-corrected chi connectivity index (χ1v) is 6.18. The van der Waals surface area contributed by atoms with Crippen molar-refractivity contribution >= 4 is 0 Å². The van der Waals surface area contributed by atoms with E-state index in [0.717, 1.165) is 17.5 Å². The summed E-state index contributed by atoms with van der Waals surface area (Å²) in [4.78, 5) is 0. The minimum atomic E-state index is 0.243. The maximum absolute atomic E-state index is 9.49. The van der Waals surface area contributed by atoms with Crippen LogP contribution in [0.5, 0.6) is 11.5 Å². The van der Waals surface area contributed by atoms with Crippen LogP contribution in [0.4, 0.5) is 0 Å². The molecule has 1 N–H and O–H groups in total. The average Bonchev–Trinajstić information content (AvgIpc) is 2.35. The molecule has 94 valence electrons. The smallest absolute Gasteiger partial charge is 0.123 e. The largest absolute Gasteiger partial charge is 0.508 e. The van der Waals surface area contributed by atoms with Gasteiger partial charge in [0.1, 0.15) is 18.1 Å². The maximum Gasteiger partial charge on any atom is 0.123 e. The highest BCUT2D eigenvalue weighted by molar-refractivity contribution is 5.37. The number of phenols is 1. The fraction of sp³-hybridized carbons (Fsp3) is 0.250. The van der Waals surface area contributed by atoms with E-state index in [0.29, 0.717) is 12.4 Å². The minimum absolute atomic E-state index is 0.243. The quantitative estimate of drug-likeness (QED) is 0.882. The van der Waals surface area contributed by atoms with Gasteiger partial charge in [-0.05, 0) is 42.2 Å². The van der Waals surface area contributed by atoms with Gasteiger partial charge in [0.25, 0.3) is 0 Å². The Morgan fingerprint density at radius 2 is 1.83 bits per heavy atom. The second-order valence-corrected chi connectivity index (χ2v) is 4.47. The van der Waals surface area contributed by atoms with Gasteiger partial charge >= 0.3 is 0 Å². The van der Waals surface area contributed by atoms with Crippen LogP contribution in [0.1, 0.15) is 23.6 Å². The lowest BCUT2D eigenvalue weighted by atomic mass is 10.1. The molecular formula is C16H18O2. The number of phenolic OH excluding ortho intramolecular Hbond substituents is 1. The van der Waals surface area contributed by atoms with Gasteiger partial charge < -0.3 is 9.84 Å². The SMILES string of the molecule is CCc1cccc(COc2cc(C)cc(O)c2)c1. The zero-order chi connectivity index (χ0) is 13.0. The van der Waals surface area contributed by atoms with E-state index in [-0.39, 0.29) is 5.75 Å². The van der Waals surface area contributed by atoms with E-state index in [1.54, 1.807) is 12.1 Å². The molecule has 0 aliphatic carbocycles. The maximum atomic E-state index is 9.49. The third-order valence-corrected chi connectivity index (χ3v) is 2.84. The molecule has 0 radical (unpaired) electrons. The van der Waals surface area contributed by atoms with E-state index in [1.165, 1.54) is 5.56 Å². The van der Waals surface area contributed by atoms with Gasteiger partial charge in [0.15, 0.2) is 0 Å². The Hall–Kier alpha value is -1.96. The molecule has 2 heteroatoms. The molecule has 0 spiro atoms. The summed E-state index contributed by atoms with van der Waals surface area (Å²) < 4.78 is 5.69. The van der Waals surface area contributed by atoms with Crippen LogP contribution in [0.2, 0.25) is 0 Å². The van der Waals surface area contributed by atoms with Crippen molar-refractivity contribution in [3.8, 4) is 11.5 Å². The molecule has 18 heavy (non-hydrogen) atoms. The molecule has 0 amide bonds. The Balaban J connectivity index is 2.06. The van der Waals surface area contributed by atoms with E-state index in [2.05, 4.69) is 25.1 Å². The van der Waals surface area contributed by atoms with Gasteiger partial charge in [0, 0.05) is 6.07 Å². The molecule has 0 fully saturated rings. The Morgan fingerprint density at radius 1 is 1.06 bits per heavy atom. The van der Waals surface area contributed by atoms with Gasteiger partial charge in [-0.3, -0.25) is 0 Å². The van der Waals surface area contributed by atoms with Crippen molar-refractivity contribution in [3.05, 3.63) is 59.2 Å². The van der Waals surface area contributed by atoms with Crippen molar-refractivity contribution in [2.24, 2.45) is 0 Å². The van der Waals surface area contributed by atoms with Crippen LogP contribution in [0.3, 0.4) is 0 Å². The number of hydrogen-bond donors (Lipinski definition) is 1. The third kappa shape index (κ3) is 3.27. The molecule has 0 aliphatic rings. The van der Waals surface area contributed by atoms with Gasteiger partial charge in [0.2, 0.25) is 0 Å². The molecule has 0 saturated carbocycles. The first-order chi connectivity index (χ1) is 8.67. The van der Waals surface area contributed by atoms with Crippen molar-refractivity contribution in [1.29, 1.82) is 0 Å². The summed E-state index contributed by atoms with van der Waals surface area (Å²) >= 11 is 0. The van der Waals surface area contributed by atoms with Crippen LogP contribution in [0.15, 0.2) is 42.5 Å². The van der Waals surface area contributed by atoms with E-state index < -0.39 is 0 Å². The predicted octanol–water partition coefficient (Wildman–Crippen LogP) is 3.84. The number of ether oxygens (including phenoxy) is 1. The number of aromatic hydroxyl groups is 1. The molecule has 2 aromatic carbocycles. The van der Waals surface area contributed by atoms with E-state index in [9.17, 15) is 5.11 Å². The van der Waals surface area contributed by atoms with Crippen LogP contribution in [0, 0.1) is 6.92 Å². The number of hydrogen-bond acceptors (Lipinski definition) is 2. The van der Waals surface area contributed by atoms with Gasteiger partial charge in [-0.2, -0.15) is 0 Å². The first kappa shape index (κ1) is 12.5. The molecule has 0 saturated heterocycles. The lowest BCUT2D eigenvalue weighted by Gasteiger charge is -2.08. The molecule has 2 aromatic rings. The van der Waals surface area contributed by atoms with Crippen molar-refractivity contribution in [2.75, 3.05) is 0 Å². The van der Waals surface area contributed by atoms with Crippen molar-refractivity contribution in [1.82, 2.24) is 0 Å². The highest BCUT2D eigenvalue weighted by Gasteiger charge is 2.00. The molecular weight excluding hydrogens is 224 g/mol. The molecule has 0 atom stereocenters. The normalized spacial score (nSPS) is 10.3. The molecule has 0 heterocycles. The Kier molecular flexibility index (Phi) is 3.88. The summed E-state index contributed by atoms with van der Waals surface area (Å²) in [6.07, 6.45) is 1.03. The van der Waals surface area contributed by atoms with Crippen LogP contribution in [0.25, 0.3) is 0 Å². The summed E-state index contributed by atoms with van der Waals surface area (Å²) in [5.41, 5.74) is 3.45. The second kappa shape index (κ2) is 5.58. The first-order valence-electron chi connectivity index (χ1n) is 6.18. The third-order valence-electron chi connectivity index (χ3n) is 2.84. The summed E-state index contributed by atoms with van der Waals surface area (Å²) in [7, 11) is 0. The molecule has 0 unspecified atom stereocenters. The summed E-state index contributed by atoms with van der Waals surface area (Å²) in [5.74, 6) is 0.946.